The zero-order valence-corrected chi connectivity index (χ0v) is 18.0. The maximum Gasteiger partial charge on any atom is 0.410 e. The van der Waals surface area contributed by atoms with Gasteiger partial charge in [0.2, 0.25) is 0 Å². The number of rotatable bonds is 3. The van der Waals surface area contributed by atoms with E-state index in [4.69, 9.17) is 4.74 Å². The Morgan fingerprint density at radius 1 is 1.33 bits per heavy atom. The number of amides is 2. The molecule has 0 radical (unpaired) electrons. The Kier molecular flexibility index (Phi) is 5.84. The van der Waals surface area contributed by atoms with Crippen molar-refractivity contribution in [1.82, 2.24) is 10.2 Å². The molecule has 1 atom stereocenters. The van der Waals surface area contributed by atoms with Crippen molar-refractivity contribution in [2.75, 3.05) is 19.6 Å². The van der Waals surface area contributed by atoms with Gasteiger partial charge in [-0.2, -0.15) is 0 Å². The van der Waals surface area contributed by atoms with Crippen LogP contribution in [-0.4, -0.2) is 42.1 Å². The highest BCUT2D eigenvalue weighted by atomic mass is 32.1. The van der Waals surface area contributed by atoms with Crippen molar-refractivity contribution in [2.24, 2.45) is 5.92 Å². The normalized spacial score (nSPS) is 19.4. The SMILES string of the molecule is CC[C@@H](c1sc2c(c1C)C(=O)NCC2)C1CCN(C(=O)OC(C)(C)C)CC1. The van der Waals surface area contributed by atoms with Crippen molar-refractivity contribution < 1.29 is 14.3 Å². The van der Waals surface area contributed by atoms with Gasteiger partial charge in [0, 0.05) is 29.4 Å². The fourth-order valence-corrected chi connectivity index (χ4v) is 5.92. The second-order valence-corrected chi connectivity index (χ2v) is 9.85. The minimum absolute atomic E-state index is 0.0887. The number of nitrogens with zero attached hydrogens (tertiary/aromatic N) is 1. The molecule has 0 saturated carbocycles. The van der Waals surface area contributed by atoms with Gasteiger partial charge in [0.15, 0.2) is 0 Å². The van der Waals surface area contributed by atoms with Crippen LogP contribution < -0.4 is 5.32 Å². The predicted molar refractivity (Wildman–Crippen MR) is 109 cm³/mol. The molecule has 150 valence electrons. The molecule has 3 rings (SSSR count). The van der Waals surface area contributed by atoms with Crippen LogP contribution in [0.25, 0.3) is 0 Å². The van der Waals surface area contributed by atoms with Gasteiger partial charge in [0.05, 0.1) is 5.56 Å². The molecule has 0 aromatic carbocycles. The molecule has 5 nitrogen and oxygen atoms in total. The molecule has 2 amide bonds. The third-order valence-corrected chi connectivity index (χ3v) is 7.14. The van der Waals surface area contributed by atoms with E-state index in [1.807, 2.05) is 37.0 Å². The van der Waals surface area contributed by atoms with E-state index >= 15 is 0 Å². The average molecular weight is 393 g/mol. The number of fused-ring (bicyclic) bond motifs is 1. The van der Waals surface area contributed by atoms with Crippen molar-refractivity contribution >= 4 is 23.3 Å². The van der Waals surface area contributed by atoms with Crippen molar-refractivity contribution in [2.45, 2.75) is 71.8 Å². The fourth-order valence-electron chi connectivity index (χ4n) is 4.34. The summed E-state index contributed by atoms with van der Waals surface area (Å²) in [7, 11) is 0. The Balaban J connectivity index is 1.70. The first-order valence-electron chi connectivity index (χ1n) is 10.1. The van der Waals surface area contributed by atoms with E-state index in [-0.39, 0.29) is 12.0 Å². The Bertz CT molecular complexity index is 712. The highest BCUT2D eigenvalue weighted by molar-refractivity contribution is 7.12. The van der Waals surface area contributed by atoms with Crippen LogP contribution in [0.5, 0.6) is 0 Å². The first kappa shape index (κ1) is 20.2. The second kappa shape index (κ2) is 7.82. The maximum absolute atomic E-state index is 12.3. The van der Waals surface area contributed by atoms with Gasteiger partial charge in [0.25, 0.3) is 5.91 Å². The van der Waals surface area contributed by atoms with Crippen molar-refractivity contribution in [3.63, 3.8) is 0 Å². The molecule has 1 N–H and O–H groups in total. The Morgan fingerprint density at radius 2 is 2.00 bits per heavy atom. The van der Waals surface area contributed by atoms with Crippen molar-refractivity contribution in [3.8, 4) is 0 Å². The van der Waals surface area contributed by atoms with Crippen LogP contribution in [0, 0.1) is 12.8 Å². The highest BCUT2D eigenvalue weighted by Gasteiger charge is 2.34. The first-order chi connectivity index (χ1) is 12.7. The van der Waals surface area contributed by atoms with Gasteiger partial charge in [-0.1, -0.05) is 6.92 Å². The molecule has 1 fully saturated rings. The summed E-state index contributed by atoms with van der Waals surface area (Å²) in [6.07, 6.45) is 3.80. The fraction of sp³-hybridized carbons (Fsp3) is 0.714. The maximum atomic E-state index is 12.3. The lowest BCUT2D eigenvalue weighted by Crippen LogP contribution is -2.42. The molecule has 3 heterocycles. The van der Waals surface area contributed by atoms with E-state index in [1.165, 1.54) is 15.3 Å². The molecule has 0 spiro atoms. The molecule has 1 saturated heterocycles. The summed E-state index contributed by atoms with van der Waals surface area (Å²) in [6.45, 7) is 12.3. The van der Waals surface area contributed by atoms with Crippen LogP contribution >= 0.6 is 11.3 Å². The summed E-state index contributed by atoms with van der Waals surface area (Å²) in [5.74, 6) is 1.11. The number of hydrogen-bond donors (Lipinski definition) is 1. The van der Waals surface area contributed by atoms with E-state index in [2.05, 4.69) is 19.2 Å². The van der Waals surface area contributed by atoms with Crippen LogP contribution in [0.1, 0.15) is 78.6 Å². The van der Waals surface area contributed by atoms with Crippen LogP contribution in [0.2, 0.25) is 0 Å². The Labute approximate surface area is 166 Å². The van der Waals surface area contributed by atoms with E-state index in [0.717, 1.165) is 50.9 Å². The van der Waals surface area contributed by atoms with Crippen molar-refractivity contribution in [1.29, 1.82) is 0 Å². The molecule has 6 heteroatoms. The number of hydrogen-bond acceptors (Lipinski definition) is 4. The van der Waals surface area contributed by atoms with Gasteiger partial charge in [-0.25, -0.2) is 4.79 Å². The third-order valence-electron chi connectivity index (χ3n) is 5.66. The number of ether oxygens (including phenoxy) is 1. The third kappa shape index (κ3) is 4.31. The first-order valence-corrected chi connectivity index (χ1v) is 10.9. The smallest absolute Gasteiger partial charge is 0.410 e. The van der Waals surface area contributed by atoms with E-state index in [9.17, 15) is 9.59 Å². The van der Waals surface area contributed by atoms with Gasteiger partial charge in [-0.15, -0.1) is 11.3 Å². The lowest BCUT2D eigenvalue weighted by Gasteiger charge is -2.36. The molecule has 0 unspecified atom stereocenters. The molecular weight excluding hydrogens is 360 g/mol. The molecule has 2 aliphatic rings. The van der Waals surface area contributed by atoms with Gasteiger partial charge in [-0.3, -0.25) is 4.79 Å². The van der Waals surface area contributed by atoms with E-state index in [0.29, 0.717) is 11.8 Å². The van der Waals surface area contributed by atoms with Crippen molar-refractivity contribution in [3.05, 3.63) is 20.9 Å². The van der Waals surface area contributed by atoms with Gasteiger partial charge < -0.3 is 15.0 Å². The second-order valence-electron chi connectivity index (χ2n) is 8.71. The van der Waals surface area contributed by atoms with Crippen LogP contribution in [0.15, 0.2) is 0 Å². The summed E-state index contributed by atoms with van der Waals surface area (Å²) in [6, 6.07) is 0. The quantitative estimate of drug-likeness (QED) is 0.825. The largest absolute Gasteiger partial charge is 0.444 e. The molecular formula is C21H32N2O3S. The molecule has 2 aliphatic heterocycles. The van der Waals surface area contributed by atoms with Crippen LogP contribution in [0.3, 0.4) is 0 Å². The van der Waals surface area contributed by atoms with E-state index < -0.39 is 5.60 Å². The Hall–Kier alpha value is -1.56. The molecule has 1 aromatic rings. The van der Waals surface area contributed by atoms with Gasteiger partial charge in [0.1, 0.15) is 5.60 Å². The van der Waals surface area contributed by atoms with Gasteiger partial charge in [-0.05, 0) is 70.8 Å². The number of piperidine rings is 1. The number of carbonyl (C=O) groups is 2. The summed E-state index contributed by atoms with van der Waals surface area (Å²) >= 11 is 1.84. The molecule has 0 bridgehead atoms. The summed E-state index contributed by atoms with van der Waals surface area (Å²) in [5.41, 5.74) is 1.65. The summed E-state index contributed by atoms with van der Waals surface area (Å²) in [5, 5.41) is 2.98. The molecule has 1 aromatic heterocycles. The lowest BCUT2D eigenvalue weighted by molar-refractivity contribution is 0.0173. The number of likely N-dealkylation sites (tertiary alicyclic amines) is 1. The standard InChI is InChI=1S/C21H32N2O3S/c1-6-15(18-13(2)17-16(27-18)7-10-22-19(17)24)14-8-11-23(12-9-14)20(25)26-21(3,4)5/h14-15H,6-12H2,1-5H3,(H,22,24)/t15-/m1/s1. The monoisotopic (exact) mass is 392 g/mol. The predicted octanol–water partition coefficient (Wildman–Crippen LogP) is 4.48. The van der Waals surface area contributed by atoms with Crippen LogP contribution in [0.4, 0.5) is 4.79 Å². The summed E-state index contributed by atoms with van der Waals surface area (Å²) in [4.78, 5) is 29.1. The topological polar surface area (TPSA) is 58.6 Å². The number of carbonyl (C=O) groups excluding carboxylic acids is 2. The highest BCUT2D eigenvalue weighted by Crippen LogP contribution is 2.43. The molecule has 27 heavy (non-hydrogen) atoms. The Morgan fingerprint density at radius 3 is 2.56 bits per heavy atom. The lowest BCUT2D eigenvalue weighted by atomic mass is 9.80. The number of nitrogens with one attached hydrogen (secondary N) is 1. The zero-order valence-electron chi connectivity index (χ0n) is 17.2. The van der Waals surface area contributed by atoms with Crippen LogP contribution in [-0.2, 0) is 11.2 Å². The average Bonchev–Trinajstić information content (AvgIpc) is 2.93. The minimum Gasteiger partial charge on any atom is -0.444 e. The minimum atomic E-state index is -0.451. The zero-order chi connectivity index (χ0) is 19.8. The number of thiophene rings is 1. The molecule has 0 aliphatic carbocycles. The van der Waals surface area contributed by atoms with Gasteiger partial charge >= 0.3 is 6.09 Å². The summed E-state index contributed by atoms with van der Waals surface area (Å²) < 4.78 is 5.51. The van der Waals surface area contributed by atoms with E-state index in [1.54, 1.807) is 0 Å².